The quantitative estimate of drug-likeness (QED) is 0.848. The van der Waals surface area contributed by atoms with E-state index in [2.05, 4.69) is 31.2 Å². The molecule has 1 aromatic carbocycles. The minimum Gasteiger partial charge on any atom is -0.339 e. The van der Waals surface area contributed by atoms with Crippen molar-refractivity contribution in [3.05, 3.63) is 45.5 Å². The van der Waals surface area contributed by atoms with Crippen LogP contribution in [0, 0.1) is 12.7 Å². The highest BCUT2D eigenvalue weighted by Gasteiger charge is 2.09. The van der Waals surface area contributed by atoms with Gasteiger partial charge in [0.2, 0.25) is 0 Å². The van der Waals surface area contributed by atoms with Crippen molar-refractivity contribution in [2.24, 2.45) is 0 Å². The summed E-state index contributed by atoms with van der Waals surface area (Å²) < 4.78 is 13.9. The Morgan fingerprint density at radius 2 is 2.12 bits per heavy atom. The van der Waals surface area contributed by atoms with Crippen LogP contribution in [0.2, 0.25) is 5.15 Å². The number of nitrogens with zero attached hydrogens (tertiary/aromatic N) is 2. The molecule has 0 saturated carbocycles. The molecule has 17 heavy (non-hydrogen) atoms. The Morgan fingerprint density at radius 3 is 2.88 bits per heavy atom. The standard InChI is InChI=1S/C11H8BrClFN3/c1-6-7(14)3-2-4-8(6)17-11-9(12)10(13)15-5-16-11/h2-5H,1H3,(H,15,16,17). The van der Waals surface area contributed by atoms with Crippen molar-refractivity contribution in [1.82, 2.24) is 9.97 Å². The highest BCUT2D eigenvalue weighted by atomic mass is 79.9. The van der Waals surface area contributed by atoms with E-state index in [1.54, 1.807) is 19.1 Å². The first-order chi connectivity index (χ1) is 8.09. The summed E-state index contributed by atoms with van der Waals surface area (Å²) >= 11 is 9.11. The molecule has 3 nitrogen and oxygen atoms in total. The number of halogens is 3. The molecule has 0 aliphatic carbocycles. The maximum Gasteiger partial charge on any atom is 0.149 e. The Bertz CT molecular complexity index is 513. The lowest BCUT2D eigenvalue weighted by molar-refractivity contribution is 0.619. The second kappa shape index (κ2) is 4.98. The van der Waals surface area contributed by atoms with Crippen LogP contribution < -0.4 is 5.32 Å². The zero-order valence-corrected chi connectivity index (χ0v) is 11.2. The fourth-order valence-corrected chi connectivity index (χ4v) is 1.74. The molecule has 2 rings (SSSR count). The largest absolute Gasteiger partial charge is 0.339 e. The van der Waals surface area contributed by atoms with Crippen molar-refractivity contribution < 1.29 is 4.39 Å². The molecule has 0 unspecified atom stereocenters. The van der Waals surface area contributed by atoms with Gasteiger partial charge in [0.1, 0.15) is 23.1 Å². The van der Waals surface area contributed by atoms with Crippen LogP contribution in [-0.4, -0.2) is 9.97 Å². The lowest BCUT2D eigenvalue weighted by atomic mass is 10.2. The normalized spacial score (nSPS) is 10.4. The monoisotopic (exact) mass is 315 g/mol. The summed E-state index contributed by atoms with van der Waals surface area (Å²) in [5.41, 5.74) is 1.16. The molecule has 0 radical (unpaired) electrons. The van der Waals surface area contributed by atoms with E-state index in [-0.39, 0.29) is 5.82 Å². The van der Waals surface area contributed by atoms with Gasteiger partial charge < -0.3 is 5.32 Å². The summed E-state index contributed by atoms with van der Waals surface area (Å²) in [5.74, 6) is 0.227. The molecule has 88 valence electrons. The van der Waals surface area contributed by atoms with Gasteiger partial charge in [-0.1, -0.05) is 17.7 Å². The van der Waals surface area contributed by atoms with Gasteiger partial charge in [0.15, 0.2) is 0 Å². The average molecular weight is 317 g/mol. The number of anilines is 2. The third kappa shape index (κ3) is 2.56. The molecular formula is C11H8BrClFN3. The second-order valence-electron chi connectivity index (χ2n) is 3.36. The van der Waals surface area contributed by atoms with Crippen LogP contribution in [0.3, 0.4) is 0 Å². The number of hydrogen-bond donors (Lipinski definition) is 1. The van der Waals surface area contributed by atoms with Gasteiger partial charge in [-0.05, 0) is 35.0 Å². The summed E-state index contributed by atoms with van der Waals surface area (Å²) in [7, 11) is 0. The van der Waals surface area contributed by atoms with Crippen molar-refractivity contribution in [2.45, 2.75) is 6.92 Å². The maximum atomic E-state index is 13.4. The van der Waals surface area contributed by atoms with E-state index in [1.807, 2.05) is 0 Å². The third-order valence-electron chi connectivity index (χ3n) is 2.27. The molecule has 1 heterocycles. The zero-order chi connectivity index (χ0) is 12.4. The second-order valence-corrected chi connectivity index (χ2v) is 4.52. The highest BCUT2D eigenvalue weighted by molar-refractivity contribution is 9.10. The summed E-state index contributed by atoms with van der Waals surface area (Å²) in [6, 6.07) is 4.80. The van der Waals surface area contributed by atoms with E-state index >= 15 is 0 Å². The fourth-order valence-electron chi connectivity index (χ4n) is 1.31. The number of nitrogens with one attached hydrogen (secondary N) is 1. The molecule has 0 aliphatic heterocycles. The molecule has 1 N–H and O–H groups in total. The van der Waals surface area contributed by atoms with E-state index < -0.39 is 0 Å². The van der Waals surface area contributed by atoms with Gasteiger partial charge in [0, 0.05) is 11.3 Å². The van der Waals surface area contributed by atoms with Gasteiger partial charge >= 0.3 is 0 Å². The SMILES string of the molecule is Cc1c(F)cccc1Nc1ncnc(Cl)c1Br. The topological polar surface area (TPSA) is 37.8 Å². The fraction of sp³-hybridized carbons (Fsp3) is 0.0909. The summed E-state index contributed by atoms with van der Waals surface area (Å²) in [6.07, 6.45) is 1.34. The lowest BCUT2D eigenvalue weighted by Gasteiger charge is -2.10. The molecule has 0 atom stereocenters. The van der Waals surface area contributed by atoms with Gasteiger partial charge in [-0.25, -0.2) is 14.4 Å². The summed E-state index contributed by atoms with van der Waals surface area (Å²) in [5, 5.41) is 3.30. The Morgan fingerprint density at radius 1 is 1.35 bits per heavy atom. The maximum absolute atomic E-state index is 13.4. The van der Waals surface area contributed by atoms with Crippen molar-refractivity contribution in [3.8, 4) is 0 Å². The van der Waals surface area contributed by atoms with Gasteiger partial charge in [0.25, 0.3) is 0 Å². The first-order valence-electron chi connectivity index (χ1n) is 4.77. The van der Waals surface area contributed by atoms with E-state index in [4.69, 9.17) is 11.6 Å². The predicted octanol–water partition coefficient (Wildman–Crippen LogP) is 4.08. The van der Waals surface area contributed by atoms with Crippen molar-refractivity contribution in [2.75, 3.05) is 5.32 Å². The minimum atomic E-state index is -0.272. The molecule has 0 amide bonds. The van der Waals surface area contributed by atoms with E-state index in [9.17, 15) is 4.39 Å². The Hall–Kier alpha value is -1.20. The minimum absolute atomic E-state index is 0.272. The number of hydrogen-bond acceptors (Lipinski definition) is 3. The molecule has 0 bridgehead atoms. The van der Waals surface area contributed by atoms with Crippen molar-refractivity contribution >= 4 is 39.0 Å². The molecule has 0 aliphatic rings. The molecule has 1 aromatic heterocycles. The lowest BCUT2D eigenvalue weighted by Crippen LogP contribution is -1.99. The number of aromatic nitrogens is 2. The third-order valence-corrected chi connectivity index (χ3v) is 3.53. The molecular weight excluding hydrogens is 308 g/mol. The predicted molar refractivity (Wildman–Crippen MR) is 69.2 cm³/mol. The van der Waals surface area contributed by atoms with Crippen molar-refractivity contribution in [1.29, 1.82) is 0 Å². The van der Waals surface area contributed by atoms with Gasteiger partial charge in [0.05, 0.1) is 4.47 Å². The van der Waals surface area contributed by atoms with Crippen LogP contribution in [0.1, 0.15) is 5.56 Å². The molecule has 6 heteroatoms. The van der Waals surface area contributed by atoms with Crippen LogP contribution in [0.5, 0.6) is 0 Å². The van der Waals surface area contributed by atoms with E-state index in [0.717, 1.165) is 0 Å². The Balaban J connectivity index is 2.38. The Kier molecular flexibility index (Phi) is 3.59. The van der Waals surface area contributed by atoms with E-state index in [1.165, 1.54) is 12.4 Å². The van der Waals surface area contributed by atoms with Gasteiger partial charge in [-0.15, -0.1) is 0 Å². The smallest absolute Gasteiger partial charge is 0.149 e. The van der Waals surface area contributed by atoms with Crippen molar-refractivity contribution in [3.63, 3.8) is 0 Å². The molecule has 0 spiro atoms. The van der Waals surface area contributed by atoms with Gasteiger partial charge in [-0.3, -0.25) is 0 Å². The highest BCUT2D eigenvalue weighted by Crippen LogP contribution is 2.29. The summed E-state index contributed by atoms with van der Waals surface area (Å²) in [6.45, 7) is 1.69. The first-order valence-corrected chi connectivity index (χ1v) is 5.95. The Labute approximate surface area is 111 Å². The van der Waals surface area contributed by atoms with Crippen LogP contribution >= 0.6 is 27.5 Å². The molecule has 0 saturated heterocycles. The van der Waals surface area contributed by atoms with E-state index in [0.29, 0.717) is 26.7 Å². The number of rotatable bonds is 2. The van der Waals surface area contributed by atoms with Crippen LogP contribution in [-0.2, 0) is 0 Å². The molecule has 2 aromatic rings. The molecule has 0 fully saturated rings. The zero-order valence-electron chi connectivity index (χ0n) is 8.84. The first kappa shape index (κ1) is 12.3. The van der Waals surface area contributed by atoms with Crippen LogP contribution in [0.15, 0.2) is 29.0 Å². The summed E-state index contributed by atoms with van der Waals surface area (Å²) in [4.78, 5) is 7.84. The van der Waals surface area contributed by atoms with Crippen LogP contribution in [0.4, 0.5) is 15.9 Å². The number of benzene rings is 1. The van der Waals surface area contributed by atoms with Gasteiger partial charge in [-0.2, -0.15) is 0 Å². The average Bonchev–Trinajstić information content (AvgIpc) is 2.31. The van der Waals surface area contributed by atoms with Crippen LogP contribution in [0.25, 0.3) is 0 Å².